The summed E-state index contributed by atoms with van der Waals surface area (Å²) in [6, 6.07) is 9.69. The molecule has 92 valence electrons. The van der Waals surface area contributed by atoms with Gasteiger partial charge >= 0.3 is 0 Å². The highest BCUT2D eigenvalue weighted by molar-refractivity contribution is 7.99. The fourth-order valence-corrected chi connectivity index (χ4v) is 2.16. The maximum absolute atomic E-state index is 11.4. The van der Waals surface area contributed by atoms with Crippen LogP contribution in [-0.4, -0.2) is 28.2 Å². The Balaban J connectivity index is 1.86. The number of hydrogen-bond acceptors (Lipinski definition) is 4. The maximum atomic E-state index is 11.4. The molecule has 2 aromatic rings. The zero-order valence-electron chi connectivity index (χ0n) is 9.64. The van der Waals surface area contributed by atoms with Crippen LogP contribution in [0.25, 0.3) is 11.0 Å². The van der Waals surface area contributed by atoms with Crippen molar-refractivity contribution in [2.24, 2.45) is 0 Å². The molecule has 0 radical (unpaired) electrons. The van der Waals surface area contributed by atoms with Gasteiger partial charge in [-0.1, -0.05) is 23.9 Å². The number of aromatic amines is 1. The van der Waals surface area contributed by atoms with E-state index in [1.54, 1.807) is 0 Å². The van der Waals surface area contributed by atoms with Crippen molar-refractivity contribution >= 4 is 28.7 Å². The lowest BCUT2D eigenvalue weighted by Gasteiger charge is -2.00. The zero-order valence-corrected chi connectivity index (χ0v) is 10.5. The van der Waals surface area contributed by atoms with Crippen LogP contribution >= 0.6 is 11.8 Å². The zero-order chi connectivity index (χ0) is 12.8. The van der Waals surface area contributed by atoms with Gasteiger partial charge < -0.3 is 10.3 Å². The van der Waals surface area contributed by atoms with Crippen LogP contribution in [0.2, 0.25) is 0 Å². The van der Waals surface area contributed by atoms with Gasteiger partial charge in [-0.25, -0.2) is 4.98 Å². The number of imidazole rings is 1. The monoisotopic (exact) mass is 260 g/mol. The first-order valence-corrected chi connectivity index (χ1v) is 6.49. The molecule has 5 nitrogen and oxygen atoms in total. The van der Waals surface area contributed by atoms with E-state index in [0.717, 1.165) is 16.2 Å². The molecule has 1 amide bonds. The van der Waals surface area contributed by atoms with Gasteiger partial charge in [0, 0.05) is 6.54 Å². The summed E-state index contributed by atoms with van der Waals surface area (Å²) in [5.41, 5.74) is 1.86. The lowest BCUT2D eigenvalue weighted by Crippen LogP contribution is -2.25. The summed E-state index contributed by atoms with van der Waals surface area (Å²) in [6.07, 6.45) is 0.334. The Hall–Kier alpha value is -2.00. The second-order valence-corrected chi connectivity index (χ2v) is 4.57. The molecule has 0 aliphatic carbocycles. The molecule has 0 saturated heterocycles. The van der Waals surface area contributed by atoms with Gasteiger partial charge in [-0.3, -0.25) is 4.79 Å². The number of para-hydroxylation sites is 2. The summed E-state index contributed by atoms with van der Waals surface area (Å²) in [5, 5.41) is 11.7. The molecular formula is C12H12N4OS. The van der Waals surface area contributed by atoms with E-state index in [1.165, 1.54) is 11.8 Å². The van der Waals surface area contributed by atoms with Gasteiger partial charge in [-0.05, 0) is 12.1 Å². The number of amides is 1. The Kier molecular flexibility index (Phi) is 4.20. The van der Waals surface area contributed by atoms with Gasteiger partial charge in [0.15, 0.2) is 5.16 Å². The number of nitriles is 1. The SMILES string of the molecule is N#CCCNC(=O)CSc1nc2ccccc2[nH]1. The molecule has 2 N–H and O–H groups in total. The van der Waals surface area contributed by atoms with Gasteiger partial charge in [0.1, 0.15) is 0 Å². The molecule has 1 heterocycles. The van der Waals surface area contributed by atoms with Gasteiger partial charge in [-0.2, -0.15) is 5.26 Å². The predicted molar refractivity (Wildman–Crippen MR) is 70.1 cm³/mol. The topological polar surface area (TPSA) is 81.6 Å². The van der Waals surface area contributed by atoms with E-state index in [4.69, 9.17) is 5.26 Å². The molecule has 0 fully saturated rings. The minimum atomic E-state index is -0.0873. The quantitative estimate of drug-likeness (QED) is 0.633. The number of nitrogens with one attached hydrogen (secondary N) is 2. The molecule has 0 aliphatic heterocycles. The molecule has 0 saturated carbocycles. The van der Waals surface area contributed by atoms with Crippen molar-refractivity contribution in [3.63, 3.8) is 0 Å². The number of aromatic nitrogens is 2. The van der Waals surface area contributed by atoms with Crippen LogP contribution in [0.4, 0.5) is 0 Å². The van der Waals surface area contributed by atoms with Crippen molar-refractivity contribution in [1.82, 2.24) is 15.3 Å². The van der Waals surface area contributed by atoms with Crippen LogP contribution in [-0.2, 0) is 4.79 Å². The van der Waals surface area contributed by atoms with Gasteiger partial charge in [0.2, 0.25) is 5.91 Å². The van der Waals surface area contributed by atoms with Crippen molar-refractivity contribution in [1.29, 1.82) is 5.26 Å². The highest BCUT2D eigenvalue weighted by atomic mass is 32.2. The second-order valence-electron chi connectivity index (χ2n) is 3.61. The molecule has 0 unspecified atom stereocenters. The Morgan fingerprint density at radius 3 is 3.11 bits per heavy atom. The van der Waals surface area contributed by atoms with E-state index in [2.05, 4.69) is 15.3 Å². The van der Waals surface area contributed by atoms with Crippen molar-refractivity contribution in [3.05, 3.63) is 24.3 Å². The normalized spacial score (nSPS) is 10.2. The molecule has 1 aromatic carbocycles. The molecular weight excluding hydrogens is 248 g/mol. The number of fused-ring (bicyclic) bond motifs is 1. The number of carbonyl (C=O) groups is 1. The van der Waals surface area contributed by atoms with E-state index in [-0.39, 0.29) is 5.91 Å². The first-order valence-electron chi connectivity index (χ1n) is 5.51. The third-order valence-corrected chi connectivity index (χ3v) is 3.14. The van der Waals surface area contributed by atoms with E-state index in [1.807, 2.05) is 30.3 Å². The van der Waals surface area contributed by atoms with Crippen LogP contribution < -0.4 is 5.32 Å². The van der Waals surface area contributed by atoms with Crippen LogP contribution in [0.3, 0.4) is 0 Å². The van der Waals surface area contributed by atoms with Gasteiger partial charge in [0.05, 0.1) is 29.3 Å². The number of benzene rings is 1. The van der Waals surface area contributed by atoms with Crippen LogP contribution in [0.1, 0.15) is 6.42 Å². The molecule has 0 spiro atoms. The number of carbonyl (C=O) groups excluding carboxylic acids is 1. The smallest absolute Gasteiger partial charge is 0.230 e. The standard InChI is InChI=1S/C12H12N4OS/c13-6-3-7-14-11(17)8-18-12-15-9-4-1-2-5-10(9)16-12/h1-2,4-5H,3,7-8H2,(H,14,17)(H,15,16). The first kappa shape index (κ1) is 12.5. The second kappa shape index (κ2) is 6.07. The lowest BCUT2D eigenvalue weighted by molar-refractivity contribution is -0.118. The average molecular weight is 260 g/mol. The van der Waals surface area contributed by atoms with Crippen molar-refractivity contribution in [2.45, 2.75) is 11.6 Å². The highest BCUT2D eigenvalue weighted by Crippen LogP contribution is 2.18. The summed E-state index contributed by atoms with van der Waals surface area (Å²) in [4.78, 5) is 18.9. The average Bonchev–Trinajstić information content (AvgIpc) is 2.79. The summed E-state index contributed by atoms with van der Waals surface area (Å²) in [5.74, 6) is 0.210. The van der Waals surface area contributed by atoms with Gasteiger partial charge in [-0.15, -0.1) is 0 Å². The van der Waals surface area contributed by atoms with E-state index in [0.29, 0.717) is 18.7 Å². The highest BCUT2D eigenvalue weighted by Gasteiger charge is 2.06. The van der Waals surface area contributed by atoms with Crippen LogP contribution in [0, 0.1) is 11.3 Å². The summed E-state index contributed by atoms with van der Waals surface area (Å²) in [6.45, 7) is 0.399. The largest absolute Gasteiger partial charge is 0.354 e. The number of H-pyrrole nitrogens is 1. The Bertz CT molecular complexity index is 554. The predicted octanol–water partition coefficient (Wildman–Crippen LogP) is 1.68. The molecule has 0 bridgehead atoms. The van der Waals surface area contributed by atoms with Gasteiger partial charge in [0.25, 0.3) is 0 Å². The van der Waals surface area contributed by atoms with Crippen molar-refractivity contribution < 1.29 is 4.79 Å². The Morgan fingerprint density at radius 2 is 2.33 bits per heavy atom. The Labute approximate surface area is 109 Å². The fraction of sp³-hybridized carbons (Fsp3) is 0.250. The summed E-state index contributed by atoms with van der Waals surface area (Å²) >= 11 is 1.35. The molecule has 6 heteroatoms. The number of hydrogen-bond donors (Lipinski definition) is 2. The third kappa shape index (κ3) is 3.25. The van der Waals surface area contributed by atoms with E-state index < -0.39 is 0 Å². The third-order valence-electron chi connectivity index (χ3n) is 2.27. The first-order chi connectivity index (χ1) is 8.79. The van der Waals surface area contributed by atoms with Crippen LogP contribution in [0.5, 0.6) is 0 Å². The molecule has 1 aromatic heterocycles. The fourth-order valence-electron chi connectivity index (χ4n) is 1.44. The minimum Gasteiger partial charge on any atom is -0.354 e. The summed E-state index contributed by atoms with van der Waals surface area (Å²) in [7, 11) is 0. The van der Waals surface area contributed by atoms with Crippen molar-refractivity contribution in [3.8, 4) is 6.07 Å². The van der Waals surface area contributed by atoms with Crippen LogP contribution in [0.15, 0.2) is 29.4 Å². The molecule has 18 heavy (non-hydrogen) atoms. The number of thioether (sulfide) groups is 1. The molecule has 2 rings (SSSR count). The van der Waals surface area contributed by atoms with Crippen molar-refractivity contribution in [2.75, 3.05) is 12.3 Å². The summed E-state index contributed by atoms with van der Waals surface area (Å²) < 4.78 is 0. The molecule has 0 atom stereocenters. The minimum absolute atomic E-state index is 0.0873. The maximum Gasteiger partial charge on any atom is 0.230 e. The lowest BCUT2D eigenvalue weighted by atomic mass is 10.3. The number of rotatable bonds is 5. The molecule has 0 aliphatic rings. The van der Waals surface area contributed by atoms with E-state index >= 15 is 0 Å². The Morgan fingerprint density at radius 1 is 1.50 bits per heavy atom. The number of nitrogens with zero attached hydrogens (tertiary/aromatic N) is 2. The van der Waals surface area contributed by atoms with E-state index in [9.17, 15) is 4.79 Å².